The van der Waals surface area contributed by atoms with Gasteiger partial charge in [0.05, 0.1) is 18.1 Å². The van der Waals surface area contributed by atoms with Crippen LogP contribution < -0.4 is 5.32 Å². The number of hydrogen-bond donors (Lipinski definition) is 1. The molecule has 0 radical (unpaired) electrons. The lowest BCUT2D eigenvalue weighted by Gasteiger charge is -2.16. The van der Waals surface area contributed by atoms with Crippen molar-refractivity contribution >= 4 is 23.6 Å². The highest BCUT2D eigenvalue weighted by Gasteiger charge is 2.15. The van der Waals surface area contributed by atoms with E-state index in [1.54, 1.807) is 49.2 Å². The minimum absolute atomic E-state index is 0.0901. The van der Waals surface area contributed by atoms with Crippen LogP contribution in [0, 0.1) is 0 Å². The van der Waals surface area contributed by atoms with Crippen molar-refractivity contribution in [2.45, 2.75) is 24.5 Å². The number of carbonyl (C=O) groups is 2. The lowest BCUT2D eigenvalue weighted by molar-refractivity contribution is -0.127. The topological polar surface area (TPSA) is 62.6 Å². The molecule has 0 aliphatic carbocycles. The van der Waals surface area contributed by atoms with Gasteiger partial charge in [-0.3, -0.25) is 9.59 Å². The second-order valence-corrected chi connectivity index (χ2v) is 6.98. The molecule has 2 amide bonds. The smallest absolute Gasteiger partial charge is 0.251 e. The molecule has 0 saturated carbocycles. The Hall–Kier alpha value is -2.21. The Morgan fingerprint density at radius 2 is 2.04 bits per heavy atom. The molecule has 6 heteroatoms. The van der Waals surface area contributed by atoms with Crippen LogP contribution in [0.5, 0.6) is 0 Å². The van der Waals surface area contributed by atoms with E-state index in [2.05, 4.69) is 5.32 Å². The Balaban J connectivity index is 1.90. The van der Waals surface area contributed by atoms with E-state index in [1.807, 2.05) is 31.2 Å². The van der Waals surface area contributed by atoms with Crippen molar-refractivity contribution in [3.63, 3.8) is 0 Å². The van der Waals surface area contributed by atoms with E-state index in [1.165, 1.54) is 0 Å². The molecule has 0 aliphatic rings. The van der Waals surface area contributed by atoms with E-state index in [9.17, 15) is 9.59 Å². The van der Waals surface area contributed by atoms with Gasteiger partial charge in [-0.05, 0) is 36.8 Å². The van der Waals surface area contributed by atoms with Gasteiger partial charge in [0.2, 0.25) is 5.91 Å². The molecule has 1 heterocycles. The van der Waals surface area contributed by atoms with Crippen LogP contribution in [-0.4, -0.2) is 36.1 Å². The minimum atomic E-state index is -0.143. The van der Waals surface area contributed by atoms with Crippen LogP contribution in [0.15, 0.2) is 47.1 Å². The van der Waals surface area contributed by atoms with Crippen LogP contribution in [-0.2, 0) is 17.1 Å². The monoisotopic (exact) mass is 346 g/mol. The number of hydrogen-bond acceptors (Lipinski definition) is 4. The van der Waals surface area contributed by atoms with Gasteiger partial charge < -0.3 is 14.6 Å². The number of benzene rings is 1. The third-order valence-electron chi connectivity index (χ3n) is 3.48. The molecule has 0 aliphatic heterocycles. The molecule has 0 fully saturated rings. The van der Waals surface area contributed by atoms with Crippen molar-refractivity contribution in [2.75, 3.05) is 14.1 Å². The van der Waals surface area contributed by atoms with Crippen molar-refractivity contribution < 1.29 is 14.0 Å². The van der Waals surface area contributed by atoms with E-state index < -0.39 is 0 Å². The molecule has 1 aromatic carbocycles. The molecule has 0 saturated heterocycles. The van der Waals surface area contributed by atoms with Crippen molar-refractivity contribution in [3.05, 3.63) is 59.5 Å². The molecule has 1 aromatic heterocycles. The standard InChI is InChI=1S/C18H22N2O3S/c1-13(18(22)20(2)3)24-12-14-6-4-7-15(10-14)17(21)19-11-16-8-5-9-23-16/h4-10,13H,11-12H2,1-3H3,(H,19,21)/t13-/m0/s1. The molecule has 1 atom stereocenters. The fraction of sp³-hybridized carbons (Fsp3) is 0.333. The molecular weight excluding hydrogens is 324 g/mol. The summed E-state index contributed by atoms with van der Waals surface area (Å²) in [5.41, 5.74) is 1.62. The van der Waals surface area contributed by atoms with Crippen LogP contribution in [0.1, 0.15) is 28.6 Å². The minimum Gasteiger partial charge on any atom is -0.467 e. The van der Waals surface area contributed by atoms with E-state index in [0.29, 0.717) is 23.6 Å². The number of thioether (sulfide) groups is 1. The van der Waals surface area contributed by atoms with Gasteiger partial charge in [0.25, 0.3) is 5.91 Å². The lowest BCUT2D eigenvalue weighted by Crippen LogP contribution is -2.29. The van der Waals surface area contributed by atoms with Crippen LogP contribution >= 0.6 is 11.8 Å². The summed E-state index contributed by atoms with van der Waals surface area (Å²) in [6.07, 6.45) is 1.58. The highest BCUT2D eigenvalue weighted by atomic mass is 32.2. The van der Waals surface area contributed by atoms with Crippen LogP contribution in [0.25, 0.3) is 0 Å². The number of furan rings is 1. The first kappa shape index (κ1) is 18.1. The third kappa shape index (κ3) is 5.16. The summed E-state index contributed by atoms with van der Waals surface area (Å²) in [6, 6.07) is 11.1. The van der Waals surface area contributed by atoms with Crippen molar-refractivity contribution in [3.8, 4) is 0 Å². The van der Waals surface area contributed by atoms with Gasteiger partial charge in [-0.15, -0.1) is 11.8 Å². The molecule has 128 valence electrons. The predicted molar refractivity (Wildman–Crippen MR) is 95.8 cm³/mol. The quantitative estimate of drug-likeness (QED) is 0.837. The predicted octanol–water partition coefficient (Wildman–Crippen LogP) is 2.92. The Labute approximate surface area is 146 Å². The molecule has 2 rings (SSSR count). The zero-order valence-corrected chi connectivity index (χ0v) is 14.9. The molecule has 0 spiro atoms. The SMILES string of the molecule is C[C@H](SCc1cccc(C(=O)NCc2ccco2)c1)C(=O)N(C)C. The van der Waals surface area contributed by atoms with Gasteiger partial charge in [-0.25, -0.2) is 0 Å². The van der Waals surface area contributed by atoms with Crippen molar-refractivity contribution in [1.29, 1.82) is 0 Å². The van der Waals surface area contributed by atoms with Crippen LogP contribution in [0.4, 0.5) is 0 Å². The second-order valence-electron chi connectivity index (χ2n) is 5.65. The Morgan fingerprint density at radius 3 is 2.71 bits per heavy atom. The average molecular weight is 346 g/mol. The normalized spacial score (nSPS) is 11.8. The van der Waals surface area contributed by atoms with Crippen LogP contribution in [0.2, 0.25) is 0 Å². The van der Waals surface area contributed by atoms with E-state index in [4.69, 9.17) is 4.42 Å². The fourth-order valence-corrected chi connectivity index (χ4v) is 3.12. The van der Waals surface area contributed by atoms with Gasteiger partial charge in [0, 0.05) is 25.4 Å². The Morgan fingerprint density at radius 1 is 1.25 bits per heavy atom. The number of nitrogens with one attached hydrogen (secondary N) is 1. The van der Waals surface area contributed by atoms with Crippen molar-refractivity contribution in [2.24, 2.45) is 0 Å². The molecule has 2 aromatic rings. The van der Waals surface area contributed by atoms with E-state index in [-0.39, 0.29) is 17.1 Å². The third-order valence-corrected chi connectivity index (χ3v) is 4.68. The summed E-state index contributed by atoms with van der Waals surface area (Å²) in [5.74, 6) is 1.34. The number of nitrogens with zero attached hydrogens (tertiary/aromatic N) is 1. The summed E-state index contributed by atoms with van der Waals surface area (Å²) in [4.78, 5) is 25.7. The Bertz CT molecular complexity index is 683. The van der Waals surface area contributed by atoms with Gasteiger partial charge in [-0.2, -0.15) is 0 Å². The van der Waals surface area contributed by atoms with Gasteiger partial charge in [0.15, 0.2) is 0 Å². The summed E-state index contributed by atoms with van der Waals surface area (Å²) in [6.45, 7) is 2.26. The van der Waals surface area contributed by atoms with E-state index >= 15 is 0 Å². The summed E-state index contributed by atoms with van der Waals surface area (Å²) < 4.78 is 5.20. The first-order valence-electron chi connectivity index (χ1n) is 7.69. The summed E-state index contributed by atoms with van der Waals surface area (Å²) in [7, 11) is 3.51. The molecular formula is C18H22N2O3S. The molecule has 5 nitrogen and oxygen atoms in total. The zero-order valence-electron chi connectivity index (χ0n) is 14.1. The molecule has 0 unspecified atom stereocenters. The van der Waals surface area contributed by atoms with Crippen molar-refractivity contribution in [1.82, 2.24) is 10.2 Å². The fourth-order valence-electron chi connectivity index (χ4n) is 2.14. The maximum absolute atomic E-state index is 12.2. The highest BCUT2D eigenvalue weighted by Crippen LogP contribution is 2.19. The molecule has 24 heavy (non-hydrogen) atoms. The zero-order chi connectivity index (χ0) is 17.5. The molecule has 1 N–H and O–H groups in total. The maximum atomic E-state index is 12.2. The first-order valence-corrected chi connectivity index (χ1v) is 8.74. The number of carbonyl (C=O) groups excluding carboxylic acids is 2. The maximum Gasteiger partial charge on any atom is 0.251 e. The highest BCUT2D eigenvalue weighted by molar-refractivity contribution is 7.99. The Kier molecular flexibility index (Phi) is 6.49. The van der Waals surface area contributed by atoms with Gasteiger partial charge >= 0.3 is 0 Å². The lowest BCUT2D eigenvalue weighted by atomic mass is 10.1. The summed E-state index contributed by atoms with van der Waals surface area (Å²) >= 11 is 1.56. The van der Waals surface area contributed by atoms with Gasteiger partial charge in [-0.1, -0.05) is 12.1 Å². The first-order chi connectivity index (χ1) is 11.5. The summed E-state index contributed by atoms with van der Waals surface area (Å²) in [5, 5.41) is 2.71. The molecule has 0 bridgehead atoms. The number of rotatable bonds is 7. The average Bonchev–Trinajstić information content (AvgIpc) is 3.10. The van der Waals surface area contributed by atoms with E-state index in [0.717, 1.165) is 5.56 Å². The second kappa shape index (κ2) is 8.59. The van der Waals surface area contributed by atoms with Gasteiger partial charge in [0.1, 0.15) is 5.76 Å². The number of amides is 2. The largest absolute Gasteiger partial charge is 0.467 e. The van der Waals surface area contributed by atoms with Crippen LogP contribution in [0.3, 0.4) is 0 Å².